The SMILES string of the molecule is Cl.N=C(N)c1ccc(C2CCN(C(=O)NC3CCC(C(=O)OCC(=O)C4CNCCO4)CC3)CC2)cc1. The number of urea groups is 1. The number of nitrogens with zero attached hydrogens (tertiary/aromatic N) is 1. The summed E-state index contributed by atoms with van der Waals surface area (Å²) in [4.78, 5) is 39.2. The van der Waals surface area contributed by atoms with Crippen molar-refractivity contribution in [3.63, 3.8) is 0 Å². The third-order valence-corrected chi connectivity index (χ3v) is 7.51. The largest absolute Gasteiger partial charge is 0.457 e. The number of nitrogen functional groups attached to an aromatic ring is 1. The molecule has 0 aromatic heterocycles. The summed E-state index contributed by atoms with van der Waals surface area (Å²) in [7, 11) is 0. The first-order chi connectivity index (χ1) is 17.4. The Labute approximate surface area is 223 Å². The number of carbonyl (C=O) groups excluding carboxylic acids is 3. The molecule has 1 aliphatic carbocycles. The number of morpholine rings is 1. The van der Waals surface area contributed by atoms with Gasteiger partial charge in [0.05, 0.1) is 12.5 Å². The lowest BCUT2D eigenvalue weighted by molar-refractivity contribution is -0.156. The topological polar surface area (TPSA) is 147 Å². The Bertz CT molecular complexity index is 937. The standard InChI is InChI=1S/C26H37N5O5.ClH/c27-24(28)19-3-1-17(2-4-19)18-9-12-31(13-10-18)26(34)30-21-7-5-20(6-8-21)25(33)36-16-22(32)23-15-29-11-14-35-23;/h1-4,18,20-21,23,29H,5-16H2,(H3,27,28)(H,30,34);1H. The van der Waals surface area contributed by atoms with Gasteiger partial charge in [-0.2, -0.15) is 0 Å². The van der Waals surface area contributed by atoms with Crippen molar-refractivity contribution in [2.24, 2.45) is 11.7 Å². The average molecular weight is 536 g/mol. The Morgan fingerprint density at radius 1 is 1.08 bits per heavy atom. The van der Waals surface area contributed by atoms with Crippen molar-refractivity contribution >= 4 is 36.0 Å². The minimum absolute atomic E-state index is 0. The maximum atomic E-state index is 12.8. The number of hydrogen-bond acceptors (Lipinski definition) is 7. The van der Waals surface area contributed by atoms with E-state index in [0.717, 1.165) is 24.9 Å². The Kier molecular flexibility index (Phi) is 10.7. The van der Waals surface area contributed by atoms with Crippen LogP contribution in [0.2, 0.25) is 0 Å². The molecule has 1 aromatic carbocycles. The maximum Gasteiger partial charge on any atom is 0.317 e. The van der Waals surface area contributed by atoms with Crippen LogP contribution in [-0.4, -0.2) is 80.1 Å². The lowest BCUT2D eigenvalue weighted by atomic mass is 9.86. The van der Waals surface area contributed by atoms with Crippen LogP contribution in [0.5, 0.6) is 0 Å². The molecule has 10 nitrogen and oxygen atoms in total. The zero-order chi connectivity index (χ0) is 25.5. The van der Waals surface area contributed by atoms with E-state index >= 15 is 0 Å². The smallest absolute Gasteiger partial charge is 0.317 e. The number of Topliss-reactive ketones (excluding diaryl/α,β-unsaturated/α-hetero) is 1. The van der Waals surface area contributed by atoms with Gasteiger partial charge in [-0.15, -0.1) is 12.4 Å². The zero-order valence-corrected chi connectivity index (χ0v) is 21.9. The Hall–Kier alpha value is -2.69. The normalized spacial score (nSPS) is 24.4. The second-order valence-electron chi connectivity index (χ2n) is 9.93. The molecular weight excluding hydrogens is 498 g/mol. The van der Waals surface area contributed by atoms with Gasteiger partial charge in [-0.25, -0.2) is 4.79 Å². The number of esters is 1. The predicted molar refractivity (Wildman–Crippen MR) is 141 cm³/mol. The maximum absolute atomic E-state index is 12.8. The highest BCUT2D eigenvalue weighted by atomic mass is 35.5. The van der Waals surface area contributed by atoms with Crippen LogP contribution in [0.4, 0.5) is 4.79 Å². The minimum atomic E-state index is -0.546. The summed E-state index contributed by atoms with van der Waals surface area (Å²) < 4.78 is 10.7. The van der Waals surface area contributed by atoms with E-state index in [9.17, 15) is 14.4 Å². The van der Waals surface area contributed by atoms with E-state index in [1.165, 1.54) is 5.56 Å². The molecule has 0 bridgehead atoms. The van der Waals surface area contributed by atoms with Gasteiger partial charge in [0.1, 0.15) is 11.9 Å². The number of rotatable bonds is 7. The number of ketones is 1. The van der Waals surface area contributed by atoms with E-state index in [4.69, 9.17) is 20.6 Å². The van der Waals surface area contributed by atoms with Crippen LogP contribution in [-0.2, 0) is 19.1 Å². The average Bonchev–Trinajstić information content (AvgIpc) is 2.92. The van der Waals surface area contributed by atoms with Crippen molar-refractivity contribution in [2.75, 3.05) is 39.4 Å². The number of hydrogen-bond donors (Lipinski definition) is 4. The number of benzene rings is 1. The van der Waals surface area contributed by atoms with Gasteiger partial charge in [-0.1, -0.05) is 24.3 Å². The molecule has 2 heterocycles. The van der Waals surface area contributed by atoms with Crippen LogP contribution in [0.15, 0.2) is 24.3 Å². The van der Waals surface area contributed by atoms with Gasteiger partial charge in [0.25, 0.3) is 0 Å². The number of carbonyl (C=O) groups is 3. The molecule has 37 heavy (non-hydrogen) atoms. The molecule has 2 amide bonds. The quantitative estimate of drug-likeness (QED) is 0.237. The summed E-state index contributed by atoms with van der Waals surface area (Å²) in [5.41, 5.74) is 7.47. The Morgan fingerprint density at radius 2 is 1.76 bits per heavy atom. The molecule has 2 aliphatic heterocycles. The zero-order valence-electron chi connectivity index (χ0n) is 21.1. The van der Waals surface area contributed by atoms with E-state index in [1.807, 2.05) is 29.2 Å². The van der Waals surface area contributed by atoms with Crippen molar-refractivity contribution in [1.29, 1.82) is 5.41 Å². The van der Waals surface area contributed by atoms with Gasteiger partial charge >= 0.3 is 12.0 Å². The minimum Gasteiger partial charge on any atom is -0.457 e. The number of amidine groups is 1. The Morgan fingerprint density at radius 3 is 2.35 bits per heavy atom. The van der Waals surface area contributed by atoms with E-state index in [0.29, 0.717) is 57.8 Å². The number of halogens is 1. The first-order valence-corrected chi connectivity index (χ1v) is 12.9. The molecule has 4 rings (SSSR count). The fourth-order valence-electron chi connectivity index (χ4n) is 5.22. The van der Waals surface area contributed by atoms with E-state index in [1.54, 1.807) is 0 Å². The van der Waals surface area contributed by atoms with E-state index in [2.05, 4.69) is 10.6 Å². The number of nitrogens with one attached hydrogen (secondary N) is 3. The number of likely N-dealkylation sites (tertiary alicyclic amines) is 1. The lowest BCUT2D eigenvalue weighted by Gasteiger charge is -2.35. The van der Waals surface area contributed by atoms with E-state index in [-0.39, 0.29) is 54.6 Å². The second-order valence-corrected chi connectivity index (χ2v) is 9.93. The summed E-state index contributed by atoms with van der Waals surface area (Å²) in [6.07, 6.45) is 3.95. The van der Waals surface area contributed by atoms with Crippen LogP contribution in [0.3, 0.4) is 0 Å². The molecule has 0 radical (unpaired) electrons. The highest BCUT2D eigenvalue weighted by molar-refractivity contribution is 5.94. The first-order valence-electron chi connectivity index (χ1n) is 12.9. The molecule has 1 saturated carbocycles. The molecule has 1 unspecified atom stereocenters. The fraction of sp³-hybridized carbons (Fsp3) is 0.615. The van der Waals surface area contributed by atoms with Gasteiger partial charge in [-0.3, -0.25) is 15.0 Å². The van der Waals surface area contributed by atoms with Gasteiger partial charge in [0.15, 0.2) is 12.4 Å². The number of ether oxygens (including phenoxy) is 2. The third kappa shape index (κ3) is 7.90. The van der Waals surface area contributed by atoms with Crippen molar-refractivity contribution in [2.45, 2.75) is 56.6 Å². The van der Waals surface area contributed by atoms with Crippen LogP contribution < -0.4 is 16.4 Å². The van der Waals surface area contributed by atoms with Crippen molar-refractivity contribution in [3.8, 4) is 0 Å². The van der Waals surface area contributed by atoms with Crippen LogP contribution >= 0.6 is 12.4 Å². The monoisotopic (exact) mass is 535 g/mol. The molecule has 11 heteroatoms. The highest BCUT2D eigenvalue weighted by Crippen LogP contribution is 2.29. The van der Waals surface area contributed by atoms with Crippen molar-refractivity contribution < 1.29 is 23.9 Å². The summed E-state index contributed by atoms with van der Waals surface area (Å²) >= 11 is 0. The van der Waals surface area contributed by atoms with Gasteiger partial charge in [0, 0.05) is 37.8 Å². The molecule has 204 valence electrons. The van der Waals surface area contributed by atoms with Gasteiger partial charge in [-0.05, 0) is 50.0 Å². The van der Waals surface area contributed by atoms with Gasteiger partial charge in [0.2, 0.25) is 0 Å². The Balaban J connectivity index is 0.00000380. The van der Waals surface area contributed by atoms with Crippen molar-refractivity contribution in [1.82, 2.24) is 15.5 Å². The molecule has 2 saturated heterocycles. The van der Waals surface area contributed by atoms with Crippen LogP contribution in [0.25, 0.3) is 0 Å². The first kappa shape index (κ1) is 28.9. The number of nitrogens with two attached hydrogens (primary N) is 1. The molecule has 3 fully saturated rings. The molecular formula is C26H38ClN5O5. The molecule has 5 N–H and O–H groups in total. The van der Waals surface area contributed by atoms with Crippen molar-refractivity contribution in [3.05, 3.63) is 35.4 Å². The summed E-state index contributed by atoms with van der Waals surface area (Å²) in [6.45, 7) is 2.79. The molecule has 3 aliphatic rings. The highest BCUT2D eigenvalue weighted by Gasteiger charge is 2.31. The number of amides is 2. The third-order valence-electron chi connectivity index (χ3n) is 7.51. The second kappa shape index (κ2) is 13.7. The van der Waals surface area contributed by atoms with Crippen LogP contribution in [0.1, 0.15) is 55.6 Å². The summed E-state index contributed by atoms with van der Waals surface area (Å²) in [6, 6.07) is 7.81. The van der Waals surface area contributed by atoms with E-state index < -0.39 is 6.10 Å². The molecule has 0 spiro atoms. The summed E-state index contributed by atoms with van der Waals surface area (Å²) in [5, 5.41) is 13.7. The van der Waals surface area contributed by atoms with Crippen LogP contribution in [0, 0.1) is 11.3 Å². The predicted octanol–water partition coefficient (Wildman–Crippen LogP) is 1.94. The van der Waals surface area contributed by atoms with Gasteiger partial charge < -0.3 is 30.7 Å². The lowest BCUT2D eigenvalue weighted by Crippen LogP contribution is -2.48. The molecule has 1 atom stereocenters. The molecule has 1 aromatic rings. The summed E-state index contributed by atoms with van der Waals surface area (Å²) in [5.74, 6) is -0.328. The number of piperidine rings is 1. The fourth-order valence-corrected chi connectivity index (χ4v) is 5.22.